The molecule has 3 aromatic carbocycles. The first-order chi connectivity index (χ1) is 16.3. The first-order valence-corrected chi connectivity index (χ1v) is 12.8. The summed E-state index contributed by atoms with van der Waals surface area (Å²) in [5, 5.41) is 0.464. The van der Waals surface area contributed by atoms with Gasteiger partial charge < -0.3 is 9.80 Å². The van der Waals surface area contributed by atoms with Crippen LogP contribution in [0.15, 0.2) is 77.7 Å². The van der Waals surface area contributed by atoms with Crippen LogP contribution < -0.4 is 9.21 Å². The van der Waals surface area contributed by atoms with E-state index in [4.69, 9.17) is 23.2 Å². The molecule has 1 aliphatic heterocycles. The predicted octanol–water partition coefficient (Wildman–Crippen LogP) is 4.68. The Morgan fingerprint density at radius 1 is 0.912 bits per heavy atom. The summed E-state index contributed by atoms with van der Waals surface area (Å²) in [5.74, 6) is -0.661. The Morgan fingerprint density at radius 2 is 1.56 bits per heavy atom. The first kappa shape index (κ1) is 24.3. The molecule has 1 amide bonds. The van der Waals surface area contributed by atoms with Gasteiger partial charge in [0.2, 0.25) is 5.91 Å². The Kier molecular flexibility index (Phi) is 7.30. The van der Waals surface area contributed by atoms with Gasteiger partial charge in [0, 0.05) is 36.9 Å². The third-order valence-corrected chi connectivity index (χ3v) is 7.94. The van der Waals surface area contributed by atoms with Gasteiger partial charge in [0.25, 0.3) is 10.0 Å². The van der Waals surface area contributed by atoms with Gasteiger partial charge in [-0.05, 0) is 54.6 Å². The molecule has 4 rings (SSSR count). The van der Waals surface area contributed by atoms with Crippen molar-refractivity contribution in [2.45, 2.75) is 4.90 Å². The highest BCUT2D eigenvalue weighted by Gasteiger charge is 2.31. The van der Waals surface area contributed by atoms with E-state index in [9.17, 15) is 17.6 Å². The maximum atomic E-state index is 13.5. The average Bonchev–Trinajstić information content (AvgIpc) is 2.85. The molecule has 0 atom stereocenters. The van der Waals surface area contributed by atoms with Crippen LogP contribution in [0.25, 0.3) is 0 Å². The van der Waals surface area contributed by atoms with E-state index in [-0.39, 0.29) is 27.3 Å². The van der Waals surface area contributed by atoms with Crippen LogP contribution >= 0.6 is 23.2 Å². The molecular formula is C24H22Cl2FN3O3S. The molecule has 0 unspecified atom stereocenters. The molecule has 0 spiro atoms. The number of amides is 1. The summed E-state index contributed by atoms with van der Waals surface area (Å²) in [4.78, 5) is 16.9. The molecule has 0 radical (unpaired) electrons. The van der Waals surface area contributed by atoms with Gasteiger partial charge in [0.15, 0.2) is 0 Å². The van der Waals surface area contributed by atoms with Gasteiger partial charge in [0.05, 0.1) is 15.6 Å². The normalized spacial score (nSPS) is 14.2. The first-order valence-electron chi connectivity index (χ1n) is 10.6. The van der Waals surface area contributed by atoms with E-state index in [1.807, 2.05) is 0 Å². The van der Waals surface area contributed by atoms with E-state index in [0.717, 1.165) is 9.99 Å². The Labute approximate surface area is 208 Å². The Morgan fingerprint density at radius 3 is 2.21 bits per heavy atom. The van der Waals surface area contributed by atoms with Crippen LogP contribution in [0.1, 0.15) is 0 Å². The summed E-state index contributed by atoms with van der Waals surface area (Å²) in [6.07, 6.45) is 0. The van der Waals surface area contributed by atoms with E-state index in [1.165, 1.54) is 36.4 Å². The molecule has 6 nitrogen and oxygen atoms in total. The van der Waals surface area contributed by atoms with Crippen molar-refractivity contribution in [3.63, 3.8) is 0 Å². The number of hydrogen-bond donors (Lipinski definition) is 0. The van der Waals surface area contributed by atoms with Crippen LogP contribution in [0.4, 0.5) is 15.8 Å². The van der Waals surface area contributed by atoms with E-state index >= 15 is 0 Å². The number of rotatable bonds is 6. The van der Waals surface area contributed by atoms with Crippen LogP contribution in [0.3, 0.4) is 0 Å². The average molecular weight is 522 g/mol. The van der Waals surface area contributed by atoms with Gasteiger partial charge in [-0.2, -0.15) is 0 Å². The van der Waals surface area contributed by atoms with Crippen molar-refractivity contribution >= 4 is 50.5 Å². The highest BCUT2D eigenvalue weighted by atomic mass is 35.5. The van der Waals surface area contributed by atoms with Crippen LogP contribution in [0.2, 0.25) is 10.0 Å². The third kappa shape index (κ3) is 5.29. The number of nitrogens with zero attached hydrogens (tertiary/aromatic N) is 3. The summed E-state index contributed by atoms with van der Waals surface area (Å²) < 4.78 is 41.2. The SMILES string of the molecule is O=C(CN(c1cc(Cl)ccc1Cl)S(=O)(=O)c1ccccc1)N1CCN(c2ccc(F)cc2)CC1. The summed E-state index contributed by atoms with van der Waals surface area (Å²) in [7, 11) is -4.09. The molecule has 0 aliphatic carbocycles. The van der Waals surface area contributed by atoms with Gasteiger partial charge in [-0.1, -0.05) is 41.4 Å². The molecule has 0 aromatic heterocycles. The molecule has 0 bridgehead atoms. The lowest BCUT2D eigenvalue weighted by atomic mass is 10.2. The fourth-order valence-electron chi connectivity index (χ4n) is 3.79. The van der Waals surface area contributed by atoms with Gasteiger partial charge in [0.1, 0.15) is 12.4 Å². The number of piperazine rings is 1. The van der Waals surface area contributed by atoms with Crippen LogP contribution in [0.5, 0.6) is 0 Å². The van der Waals surface area contributed by atoms with Crippen molar-refractivity contribution in [2.75, 3.05) is 41.9 Å². The Hall–Kier alpha value is -2.81. The monoisotopic (exact) mass is 521 g/mol. The highest BCUT2D eigenvalue weighted by Crippen LogP contribution is 2.33. The predicted molar refractivity (Wildman–Crippen MR) is 133 cm³/mol. The minimum Gasteiger partial charge on any atom is -0.368 e. The fraction of sp³-hybridized carbons (Fsp3) is 0.208. The van der Waals surface area contributed by atoms with Gasteiger partial charge in [-0.3, -0.25) is 9.10 Å². The lowest BCUT2D eigenvalue weighted by molar-refractivity contribution is -0.129. The summed E-state index contributed by atoms with van der Waals surface area (Å²) in [6.45, 7) is 1.47. The zero-order chi connectivity index (χ0) is 24.3. The Bertz CT molecular complexity index is 1270. The van der Waals surface area contributed by atoms with Gasteiger partial charge in [-0.25, -0.2) is 12.8 Å². The Balaban J connectivity index is 1.55. The summed E-state index contributed by atoms with van der Waals surface area (Å²) >= 11 is 12.5. The lowest BCUT2D eigenvalue weighted by Crippen LogP contribution is -2.52. The van der Waals surface area contributed by atoms with Crippen molar-refractivity contribution in [1.29, 1.82) is 0 Å². The van der Waals surface area contributed by atoms with E-state index < -0.39 is 16.6 Å². The molecule has 1 heterocycles. The maximum absolute atomic E-state index is 13.5. The summed E-state index contributed by atoms with van der Waals surface area (Å²) in [6, 6.07) is 18.5. The molecule has 0 saturated carbocycles. The van der Waals surface area contributed by atoms with Crippen molar-refractivity contribution in [3.8, 4) is 0 Å². The molecule has 34 heavy (non-hydrogen) atoms. The van der Waals surface area contributed by atoms with Crippen molar-refractivity contribution in [3.05, 3.63) is 88.7 Å². The minimum absolute atomic E-state index is 0.0416. The maximum Gasteiger partial charge on any atom is 0.264 e. The zero-order valence-corrected chi connectivity index (χ0v) is 20.4. The number of carbonyl (C=O) groups excluding carboxylic acids is 1. The standard InChI is InChI=1S/C24H22Cl2FN3O3S/c25-18-6-11-22(26)23(16-18)30(34(32,33)21-4-2-1-3-5-21)17-24(31)29-14-12-28(13-15-29)20-9-7-19(27)8-10-20/h1-11,16H,12-15,17H2. The van der Waals surface area contributed by atoms with Crippen molar-refractivity contribution < 1.29 is 17.6 Å². The quantitative estimate of drug-likeness (QED) is 0.472. The van der Waals surface area contributed by atoms with Gasteiger partial charge >= 0.3 is 0 Å². The van der Waals surface area contributed by atoms with Crippen molar-refractivity contribution in [1.82, 2.24) is 4.90 Å². The second kappa shape index (κ2) is 10.2. The van der Waals surface area contributed by atoms with Crippen LogP contribution in [-0.2, 0) is 14.8 Å². The summed E-state index contributed by atoms with van der Waals surface area (Å²) in [5.41, 5.74) is 1.00. The molecule has 0 N–H and O–H groups in total. The number of hydrogen-bond acceptors (Lipinski definition) is 4. The van der Waals surface area contributed by atoms with Crippen LogP contribution in [-0.4, -0.2) is 51.9 Å². The number of halogens is 3. The second-order valence-corrected chi connectivity index (χ2v) is 10.5. The van der Waals surface area contributed by atoms with Crippen LogP contribution in [0, 0.1) is 5.82 Å². The van der Waals surface area contributed by atoms with E-state index in [2.05, 4.69) is 4.90 Å². The fourth-order valence-corrected chi connectivity index (χ4v) is 5.67. The molecule has 1 aliphatic rings. The van der Waals surface area contributed by atoms with Gasteiger partial charge in [-0.15, -0.1) is 0 Å². The molecule has 3 aromatic rings. The minimum atomic E-state index is -4.09. The number of benzene rings is 3. The van der Waals surface area contributed by atoms with E-state index in [1.54, 1.807) is 41.3 Å². The topological polar surface area (TPSA) is 60.9 Å². The largest absolute Gasteiger partial charge is 0.368 e. The zero-order valence-electron chi connectivity index (χ0n) is 18.1. The lowest BCUT2D eigenvalue weighted by Gasteiger charge is -2.37. The number of sulfonamides is 1. The third-order valence-electron chi connectivity index (χ3n) is 5.61. The molecular weight excluding hydrogens is 500 g/mol. The second-order valence-electron chi connectivity index (χ2n) is 7.76. The molecule has 10 heteroatoms. The number of anilines is 2. The van der Waals surface area contributed by atoms with Crippen molar-refractivity contribution in [2.24, 2.45) is 0 Å². The number of carbonyl (C=O) groups is 1. The highest BCUT2D eigenvalue weighted by molar-refractivity contribution is 7.92. The molecule has 1 saturated heterocycles. The van der Waals surface area contributed by atoms with E-state index in [0.29, 0.717) is 31.2 Å². The molecule has 178 valence electrons. The molecule has 1 fully saturated rings. The smallest absolute Gasteiger partial charge is 0.264 e.